The van der Waals surface area contributed by atoms with Gasteiger partial charge in [0.25, 0.3) is 0 Å². The van der Waals surface area contributed by atoms with Crippen molar-refractivity contribution in [2.45, 2.75) is 6.54 Å². The summed E-state index contributed by atoms with van der Waals surface area (Å²) >= 11 is 2.73. The lowest BCUT2D eigenvalue weighted by Crippen LogP contribution is -1.99. The van der Waals surface area contributed by atoms with Crippen LogP contribution in [0.2, 0.25) is 0 Å². The van der Waals surface area contributed by atoms with E-state index in [2.05, 4.69) is 14.7 Å². The Kier molecular flexibility index (Phi) is 2.80. The van der Waals surface area contributed by atoms with Crippen molar-refractivity contribution in [2.24, 2.45) is 0 Å². The van der Waals surface area contributed by atoms with E-state index in [4.69, 9.17) is 11.0 Å². The standard InChI is InChI=1S/C8H7N5S2/c9-1-6-7(10)13-15-8(6)11-2-5-3-14-4-12-5/h3-4,11H,2H2,(H2,10,13). The topological polar surface area (TPSA) is 87.6 Å². The number of anilines is 2. The van der Waals surface area contributed by atoms with Crippen LogP contribution < -0.4 is 11.1 Å². The van der Waals surface area contributed by atoms with E-state index in [1.807, 2.05) is 11.4 Å². The summed E-state index contributed by atoms with van der Waals surface area (Å²) in [4.78, 5) is 4.12. The normalized spacial score (nSPS) is 9.80. The van der Waals surface area contributed by atoms with Crippen LogP contribution in [0.4, 0.5) is 10.8 Å². The van der Waals surface area contributed by atoms with Crippen LogP contribution in [-0.4, -0.2) is 9.36 Å². The maximum Gasteiger partial charge on any atom is 0.157 e. The van der Waals surface area contributed by atoms with Gasteiger partial charge in [0, 0.05) is 5.38 Å². The van der Waals surface area contributed by atoms with E-state index < -0.39 is 0 Å². The molecule has 7 heteroatoms. The highest BCUT2D eigenvalue weighted by Crippen LogP contribution is 2.25. The van der Waals surface area contributed by atoms with Crippen molar-refractivity contribution in [1.82, 2.24) is 9.36 Å². The molecule has 0 aliphatic heterocycles. The van der Waals surface area contributed by atoms with E-state index in [-0.39, 0.29) is 5.82 Å². The number of thiazole rings is 1. The SMILES string of the molecule is N#Cc1c(N)nsc1NCc1cscn1. The van der Waals surface area contributed by atoms with Crippen molar-refractivity contribution in [3.05, 3.63) is 22.1 Å². The molecular formula is C8H7N5S2. The lowest BCUT2D eigenvalue weighted by Gasteiger charge is -1.99. The Balaban J connectivity index is 2.09. The highest BCUT2D eigenvalue weighted by atomic mass is 32.1. The summed E-state index contributed by atoms with van der Waals surface area (Å²) in [6, 6.07) is 2.02. The summed E-state index contributed by atoms with van der Waals surface area (Å²) < 4.78 is 3.90. The number of nitrogens with one attached hydrogen (secondary N) is 1. The molecule has 0 unspecified atom stereocenters. The number of nitrogens with two attached hydrogens (primary N) is 1. The number of nitrogens with zero attached hydrogens (tertiary/aromatic N) is 3. The third kappa shape index (κ3) is 2.06. The number of hydrogen-bond donors (Lipinski definition) is 2. The maximum absolute atomic E-state index is 8.83. The Hall–Kier alpha value is -1.65. The van der Waals surface area contributed by atoms with Gasteiger partial charge in [-0.25, -0.2) is 4.98 Å². The highest BCUT2D eigenvalue weighted by molar-refractivity contribution is 7.10. The van der Waals surface area contributed by atoms with Crippen molar-refractivity contribution in [2.75, 3.05) is 11.1 Å². The Labute approximate surface area is 94.4 Å². The molecule has 0 spiro atoms. The van der Waals surface area contributed by atoms with Crippen LogP contribution in [0.15, 0.2) is 10.9 Å². The zero-order valence-electron chi connectivity index (χ0n) is 7.60. The third-order valence-corrected chi connectivity index (χ3v) is 3.20. The summed E-state index contributed by atoms with van der Waals surface area (Å²) in [6.07, 6.45) is 0. The van der Waals surface area contributed by atoms with E-state index in [9.17, 15) is 0 Å². The molecule has 5 nitrogen and oxygen atoms in total. The van der Waals surface area contributed by atoms with E-state index in [1.54, 1.807) is 5.51 Å². The molecule has 76 valence electrons. The van der Waals surface area contributed by atoms with Gasteiger partial charge in [-0.15, -0.1) is 11.3 Å². The molecule has 15 heavy (non-hydrogen) atoms. The number of nitrogen functional groups attached to an aromatic ring is 1. The minimum Gasteiger partial charge on any atom is -0.382 e. The van der Waals surface area contributed by atoms with Crippen LogP contribution in [0.5, 0.6) is 0 Å². The largest absolute Gasteiger partial charge is 0.382 e. The lowest BCUT2D eigenvalue weighted by molar-refractivity contribution is 1.08. The fourth-order valence-electron chi connectivity index (χ4n) is 1.03. The zero-order valence-corrected chi connectivity index (χ0v) is 9.23. The van der Waals surface area contributed by atoms with Crippen LogP contribution >= 0.6 is 22.9 Å². The summed E-state index contributed by atoms with van der Waals surface area (Å²) in [7, 11) is 0. The van der Waals surface area contributed by atoms with Crippen LogP contribution in [0.25, 0.3) is 0 Å². The van der Waals surface area contributed by atoms with E-state index in [0.717, 1.165) is 5.69 Å². The molecule has 0 aromatic carbocycles. The van der Waals surface area contributed by atoms with Gasteiger partial charge in [-0.05, 0) is 11.5 Å². The van der Waals surface area contributed by atoms with Crippen molar-refractivity contribution >= 4 is 33.7 Å². The number of hydrogen-bond acceptors (Lipinski definition) is 7. The lowest BCUT2D eigenvalue weighted by atomic mass is 10.3. The highest BCUT2D eigenvalue weighted by Gasteiger charge is 2.10. The van der Waals surface area contributed by atoms with Crippen molar-refractivity contribution in [3.63, 3.8) is 0 Å². The molecule has 0 atom stereocenters. The summed E-state index contributed by atoms with van der Waals surface area (Å²) in [5.74, 6) is 0.281. The van der Waals surface area contributed by atoms with Gasteiger partial charge in [0.2, 0.25) is 0 Å². The molecule has 2 heterocycles. The van der Waals surface area contributed by atoms with E-state index in [0.29, 0.717) is 17.1 Å². The molecule has 0 radical (unpaired) electrons. The Morgan fingerprint density at radius 3 is 3.13 bits per heavy atom. The van der Waals surface area contributed by atoms with Crippen molar-refractivity contribution in [3.8, 4) is 6.07 Å². The van der Waals surface area contributed by atoms with Crippen LogP contribution in [-0.2, 0) is 6.54 Å². The Morgan fingerprint density at radius 2 is 2.47 bits per heavy atom. The first-order valence-electron chi connectivity index (χ1n) is 4.07. The van der Waals surface area contributed by atoms with Gasteiger partial charge in [0.05, 0.1) is 17.7 Å². The summed E-state index contributed by atoms with van der Waals surface area (Å²) in [5.41, 5.74) is 8.64. The van der Waals surface area contributed by atoms with Crippen molar-refractivity contribution in [1.29, 1.82) is 5.26 Å². The Morgan fingerprint density at radius 1 is 1.60 bits per heavy atom. The molecule has 2 aromatic rings. The zero-order chi connectivity index (χ0) is 10.7. The van der Waals surface area contributed by atoms with Gasteiger partial charge >= 0.3 is 0 Å². The first-order chi connectivity index (χ1) is 7.31. The van der Waals surface area contributed by atoms with Crippen LogP contribution in [0.1, 0.15) is 11.3 Å². The number of nitriles is 1. The van der Waals surface area contributed by atoms with E-state index >= 15 is 0 Å². The fourth-order valence-corrected chi connectivity index (χ4v) is 2.24. The quantitative estimate of drug-likeness (QED) is 0.847. The predicted octanol–water partition coefficient (Wildman–Crippen LogP) is 1.67. The molecule has 0 bridgehead atoms. The molecule has 0 saturated heterocycles. The molecule has 2 aromatic heterocycles. The number of aromatic nitrogens is 2. The first-order valence-corrected chi connectivity index (χ1v) is 5.79. The molecule has 0 fully saturated rings. The molecular weight excluding hydrogens is 230 g/mol. The minimum atomic E-state index is 0.281. The second-order valence-corrected chi connectivity index (χ2v) is 4.21. The van der Waals surface area contributed by atoms with Crippen molar-refractivity contribution < 1.29 is 0 Å². The second-order valence-electron chi connectivity index (χ2n) is 2.72. The van der Waals surface area contributed by atoms with Gasteiger partial charge in [0.15, 0.2) is 5.82 Å². The molecule has 0 saturated carbocycles. The van der Waals surface area contributed by atoms with Gasteiger partial charge in [0.1, 0.15) is 16.6 Å². The monoisotopic (exact) mass is 237 g/mol. The summed E-state index contributed by atoms with van der Waals surface area (Å²) in [5, 5.41) is 14.6. The third-order valence-electron chi connectivity index (χ3n) is 1.74. The minimum absolute atomic E-state index is 0.281. The predicted molar refractivity (Wildman–Crippen MR) is 60.7 cm³/mol. The van der Waals surface area contributed by atoms with Gasteiger partial charge in [-0.3, -0.25) is 0 Å². The molecule has 2 rings (SSSR count). The number of rotatable bonds is 3. The fraction of sp³-hybridized carbons (Fsp3) is 0.125. The summed E-state index contributed by atoms with van der Waals surface area (Å²) in [6.45, 7) is 0.583. The molecule has 0 amide bonds. The van der Waals surface area contributed by atoms with Gasteiger partial charge < -0.3 is 11.1 Å². The van der Waals surface area contributed by atoms with Gasteiger partial charge in [-0.1, -0.05) is 0 Å². The smallest absolute Gasteiger partial charge is 0.157 e. The van der Waals surface area contributed by atoms with Gasteiger partial charge in [-0.2, -0.15) is 9.64 Å². The van der Waals surface area contributed by atoms with Crippen LogP contribution in [0.3, 0.4) is 0 Å². The first kappa shape index (κ1) is 9.89. The average molecular weight is 237 g/mol. The molecule has 0 aliphatic rings. The maximum atomic E-state index is 8.83. The molecule has 3 N–H and O–H groups in total. The van der Waals surface area contributed by atoms with E-state index in [1.165, 1.54) is 22.9 Å². The second kappa shape index (κ2) is 4.25. The van der Waals surface area contributed by atoms with Crippen LogP contribution in [0, 0.1) is 11.3 Å². The average Bonchev–Trinajstić information content (AvgIpc) is 2.84. The molecule has 0 aliphatic carbocycles. The Bertz CT molecular complexity index is 482.